The third-order valence-corrected chi connectivity index (χ3v) is 5.01. The van der Waals surface area contributed by atoms with Crippen molar-refractivity contribution in [1.82, 2.24) is 19.4 Å². The molecule has 208 valence electrons. The van der Waals surface area contributed by atoms with Gasteiger partial charge < -0.3 is 25.4 Å². The van der Waals surface area contributed by atoms with Crippen molar-refractivity contribution in [1.29, 1.82) is 0 Å². The number of hydrogen-bond acceptors (Lipinski definition) is 8. The third kappa shape index (κ3) is 11.4. The number of carboxylic acids is 3. The van der Waals surface area contributed by atoms with E-state index in [9.17, 15) is 33.6 Å². The average molecular weight is 539 g/mol. The first-order valence-corrected chi connectivity index (χ1v) is 11.5. The van der Waals surface area contributed by atoms with Crippen molar-refractivity contribution in [3.05, 3.63) is 67.3 Å². The van der Waals surface area contributed by atoms with Gasteiger partial charge in [-0.15, -0.1) is 0 Å². The molecule has 0 saturated heterocycles. The maximum Gasteiger partial charge on any atom is 0.407 e. The molecule has 38 heavy (non-hydrogen) atoms. The highest BCUT2D eigenvalue weighted by atomic mass is 16.5. The number of nitrogens with one attached hydrogen (secondary N) is 2. The third-order valence-electron chi connectivity index (χ3n) is 5.01. The van der Waals surface area contributed by atoms with Gasteiger partial charge in [0.25, 0.3) is 0 Å². The number of alkyl carbamates (subject to hydrolysis) is 1. The first kappa shape index (κ1) is 31.3. The number of carboxylic acid groups (broad SMARTS) is 3. The maximum absolute atomic E-state index is 11.7. The summed E-state index contributed by atoms with van der Waals surface area (Å²) in [6.07, 6.45) is 0.924. The van der Waals surface area contributed by atoms with Crippen molar-refractivity contribution in [2.75, 3.05) is 6.54 Å². The second-order valence-corrected chi connectivity index (χ2v) is 7.93. The Bertz CT molecular complexity index is 1260. The van der Waals surface area contributed by atoms with E-state index < -0.39 is 60.0 Å². The van der Waals surface area contributed by atoms with E-state index in [1.165, 1.54) is 0 Å². The number of amides is 1. The predicted octanol–water partition coefficient (Wildman–Crippen LogP) is 0.284. The van der Waals surface area contributed by atoms with E-state index in [4.69, 9.17) is 20.1 Å². The van der Waals surface area contributed by atoms with Crippen LogP contribution in [-0.4, -0.2) is 60.0 Å². The van der Waals surface area contributed by atoms with E-state index in [2.05, 4.69) is 5.32 Å². The molecule has 0 radical (unpaired) electrons. The van der Waals surface area contributed by atoms with Crippen LogP contribution in [0.3, 0.4) is 0 Å². The lowest BCUT2D eigenvalue weighted by molar-refractivity contribution is -0.142. The molecule has 15 heteroatoms. The number of nitrogens with zero attached hydrogens (tertiary/aromatic N) is 2. The van der Waals surface area contributed by atoms with Crippen LogP contribution in [0.2, 0.25) is 0 Å². The zero-order valence-electron chi connectivity index (χ0n) is 20.6. The summed E-state index contributed by atoms with van der Waals surface area (Å²) in [5.41, 5.74) is -2.34. The summed E-state index contributed by atoms with van der Waals surface area (Å²) >= 11 is 0. The first-order chi connectivity index (χ1) is 17.9. The number of aliphatic carboxylic acids is 3. The van der Waals surface area contributed by atoms with Crippen molar-refractivity contribution in [3.63, 3.8) is 0 Å². The number of H-pyrrole nitrogens is 1. The summed E-state index contributed by atoms with van der Waals surface area (Å²) in [6.45, 7) is 0.763. The lowest BCUT2D eigenvalue weighted by Gasteiger charge is -2.13. The first-order valence-electron chi connectivity index (χ1n) is 11.5. The molecule has 0 spiro atoms. The van der Waals surface area contributed by atoms with Gasteiger partial charge in [-0.1, -0.05) is 36.8 Å². The molecule has 0 aliphatic carbocycles. The molecule has 1 heterocycles. The van der Waals surface area contributed by atoms with Gasteiger partial charge >= 0.3 is 41.1 Å². The predicted molar refractivity (Wildman–Crippen MR) is 131 cm³/mol. The van der Waals surface area contributed by atoms with E-state index in [0.29, 0.717) is 22.1 Å². The van der Waals surface area contributed by atoms with Crippen molar-refractivity contribution in [2.45, 2.75) is 51.2 Å². The number of aromatic amines is 1. The molecule has 0 unspecified atom stereocenters. The molecule has 0 aliphatic heterocycles. The highest BCUT2D eigenvalue weighted by Crippen LogP contribution is 2.09. The SMILES string of the molecule is Cn1c(=O)[nH]c(=O)n([C@@H](CCC(=O)O)C(=O)O)c1=O.O=C(O)CCCCCNC(=O)OCc1ccccc1. The summed E-state index contributed by atoms with van der Waals surface area (Å²) in [7, 11) is 1.06. The number of carbonyl (C=O) groups excluding carboxylic acids is 1. The molecule has 5 N–H and O–H groups in total. The van der Waals surface area contributed by atoms with E-state index >= 15 is 0 Å². The van der Waals surface area contributed by atoms with Crippen molar-refractivity contribution in [3.8, 4) is 0 Å². The fourth-order valence-corrected chi connectivity index (χ4v) is 3.01. The lowest BCUT2D eigenvalue weighted by Crippen LogP contribution is -2.51. The number of unbranched alkanes of at least 4 members (excludes halogenated alkanes) is 2. The molecule has 15 nitrogen and oxygen atoms in total. The maximum atomic E-state index is 11.7. The van der Waals surface area contributed by atoms with E-state index in [-0.39, 0.29) is 13.0 Å². The molecular formula is C23H30N4O11. The molecule has 1 atom stereocenters. The van der Waals surface area contributed by atoms with Crippen LogP contribution in [0.5, 0.6) is 0 Å². The normalized spacial score (nSPS) is 11.0. The van der Waals surface area contributed by atoms with Crippen LogP contribution in [0, 0.1) is 0 Å². The fourth-order valence-electron chi connectivity index (χ4n) is 3.01. The molecule has 0 bridgehead atoms. The van der Waals surface area contributed by atoms with E-state index in [1.54, 1.807) is 4.98 Å². The summed E-state index contributed by atoms with van der Waals surface area (Å²) in [5, 5.41) is 28.5. The van der Waals surface area contributed by atoms with Crippen LogP contribution >= 0.6 is 0 Å². The number of aromatic nitrogens is 3. The summed E-state index contributed by atoms with van der Waals surface area (Å²) in [6, 6.07) is 7.80. The van der Waals surface area contributed by atoms with Crippen LogP contribution in [0.4, 0.5) is 4.79 Å². The van der Waals surface area contributed by atoms with Crippen molar-refractivity contribution < 1.29 is 39.2 Å². The van der Waals surface area contributed by atoms with Gasteiger partial charge in [0.15, 0.2) is 0 Å². The largest absolute Gasteiger partial charge is 0.481 e. The molecule has 1 amide bonds. The minimum atomic E-state index is -1.65. The molecule has 0 fully saturated rings. The van der Waals surface area contributed by atoms with Gasteiger partial charge in [0, 0.05) is 26.4 Å². The monoisotopic (exact) mass is 538 g/mol. The highest BCUT2D eigenvalue weighted by molar-refractivity contribution is 5.73. The van der Waals surface area contributed by atoms with Gasteiger partial charge in [0.1, 0.15) is 12.6 Å². The minimum Gasteiger partial charge on any atom is -0.481 e. The number of rotatable bonds is 13. The topological polar surface area (TPSA) is 227 Å². The van der Waals surface area contributed by atoms with Gasteiger partial charge in [0.2, 0.25) is 0 Å². The zero-order chi connectivity index (χ0) is 28.7. The lowest BCUT2D eigenvalue weighted by atomic mass is 10.1. The Morgan fingerprint density at radius 3 is 2.13 bits per heavy atom. The van der Waals surface area contributed by atoms with Crippen LogP contribution < -0.4 is 22.4 Å². The van der Waals surface area contributed by atoms with Crippen LogP contribution in [-0.2, 0) is 32.8 Å². The van der Waals surface area contributed by atoms with Gasteiger partial charge in [-0.2, -0.15) is 0 Å². The van der Waals surface area contributed by atoms with Gasteiger partial charge in [-0.3, -0.25) is 14.6 Å². The Hall–Kier alpha value is -4.69. The fraction of sp³-hybridized carbons (Fsp3) is 0.435. The second-order valence-electron chi connectivity index (χ2n) is 7.93. The molecule has 2 rings (SSSR count). The summed E-state index contributed by atoms with van der Waals surface area (Å²) in [4.78, 5) is 79.1. The van der Waals surface area contributed by atoms with Crippen molar-refractivity contribution in [2.24, 2.45) is 7.05 Å². The Kier molecular flexibility index (Phi) is 13.3. The summed E-state index contributed by atoms with van der Waals surface area (Å²) in [5.74, 6) is -3.58. The van der Waals surface area contributed by atoms with Gasteiger partial charge in [-0.25, -0.2) is 33.1 Å². The highest BCUT2D eigenvalue weighted by Gasteiger charge is 2.25. The minimum absolute atomic E-state index is 0.179. The Balaban J connectivity index is 0.000000380. The number of carbonyl (C=O) groups is 4. The van der Waals surface area contributed by atoms with Crippen LogP contribution in [0.15, 0.2) is 44.7 Å². The van der Waals surface area contributed by atoms with Gasteiger partial charge in [0.05, 0.1) is 0 Å². The average Bonchev–Trinajstić information content (AvgIpc) is 2.86. The molecular weight excluding hydrogens is 508 g/mol. The van der Waals surface area contributed by atoms with Crippen LogP contribution in [0.25, 0.3) is 0 Å². The van der Waals surface area contributed by atoms with E-state index in [0.717, 1.165) is 25.5 Å². The van der Waals surface area contributed by atoms with Crippen molar-refractivity contribution >= 4 is 24.0 Å². The molecule has 0 saturated carbocycles. The Morgan fingerprint density at radius 2 is 1.55 bits per heavy atom. The number of hydrogen-bond donors (Lipinski definition) is 5. The summed E-state index contributed by atoms with van der Waals surface area (Å²) < 4.78 is 5.87. The molecule has 1 aromatic carbocycles. The molecule has 1 aromatic heterocycles. The quantitative estimate of drug-likeness (QED) is 0.218. The number of ether oxygens (including phenoxy) is 1. The smallest absolute Gasteiger partial charge is 0.407 e. The van der Waals surface area contributed by atoms with Crippen LogP contribution in [0.1, 0.15) is 50.1 Å². The number of benzene rings is 1. The Morgan fingerprint density at radius 1 is 0.921 bits per heavy atom. The Labute approximate surface area is 215 Å². The molecule has 0 aliphatic rings. The van der Waals surface area contributed by atoms with Gasteiger partial charge in [-0.05, 0) is 24.8 Å². The molecule has 2 aromatic rings. The standard InChI is InChI=1S/C14H19NO4.C9H11N3O7/c16-13(17)9-5-2-6-10-15-14(18)19-11-12-7-3-1-4-8-12;1-11-7(17)10-8(18)12(9(11)19)4(6(15)16)2-3-5(13)14/h1,3-4,7-8H,2,5-6,9-11H2,(H,15,18)(H,16,17);4H,2-3H2,1H3,(H,13,14)(H,15,16)(H,10,17,18)/t;4-/m.0/s1. The van der Waals surface area contributed by atoms with E-state index in [1.807, 2.05) is 30.3 Å². The zero-order valence-corrected chi connectivity index (χ0v) is 20.6. The second kappa shape index (κ2) is 16.1.